The lowest BCUT2D eigenvalue weighted by Crippen LogP contribution is -1.88. The summed E-state index contributed by atoms with van der Waals surface area (Å²) in [6, 6.07) is 13.5. The van der Waals surface area contributed by atoms with Crippen molar-refractivity contribution in [3.05, 3.63) is 54.2 Å². The minimum absolute atomic E-state index is 0.314. The second-order valence-corrected chi connectivity index (χ2v) is 4.74. The van der Waals surface area contributed by atoms with Gasteiger partial charge < -0.3 is 9.84 Å². The van der Waals surface area contributed by atoms with Crippen LogP contribution in [0.15, 0.2) is 48.7 Å². The summed E-state index contributed by atoms with van der Waals surface area (Å²) in [5.41, 5.74) is 3.92. The SMILES string of the molecule is COc1ccc2c(-c3ccc(O)c(C)c3)ccnc2c1. The number of aromatic nitrogens is 1. The standard InChI is InChI=1S/C17H15NO2/c1-11-9-12(3-6-17(11)19)14-7-8-18-16-10-13(20-2)4-5-15(14)16/h3-10,19H,1-2H3. The summed E-state index contributed by atoms with van der Waals surface area (Å²) in [5, 5.41) is 10.7. The van der Waals surface area contributed by atoms with Crippen molar-refractivity contribution in [2.24, 2.45) is 0 Å². The van der Waals surface area contributed by atoms with Gasteiger partial charge in [-0.25, -0.2) is 0 Å². The molecule has 0 amide bonds. The predicted molar refractivity (Wildman–Crippen MR) is 80.1 cm³/mol. The summed E-state index contributed by atoms with van der Waals surface area (Å²) in [6.45, 7) is 1.89. The van der Waals surface area contributed by atoms with Gasteiger partial charge in [-0.2, -0.15) is 0 Å². The molecule has 3 rings (SSSR count). The highest BCUT2D eigenvalue weighted by Crippen LogP contribution is 2.31. The van der Waals surface area contributed by atoms with Crippen LogP contribution in [0.4, 0.5) is 0 Å². The van der Waals surface area contributed by atoms with Gasteiger partial charge in [0.15, 0.2) is 0 Å². The van der Waals surface area contributed by atoms with Crippen LogP contribution in [0.3, 0.4) is 0 Å². The van der Waals surface area contributed by atoms with E-state index in [1.165, 1.54) is 0 Å². The summed E-state index contributed by atoms with van der Waals surface area (Å²) in [7, 11) is 1.65. The van der Waals surface area contributed by atoms with Crippen LogP contribution in [-0.2, 0) is 0 Å². The normalized spacial score (nSPS) is 10.7. The van der Waals surface area contributed by atoms with Gasteiger partial charge in [0.1, 0.15) is 11.5 Å². The molecule has 1 heterocycles. The molecule has 3 aromatic rings. The van der Waals surface area contributed by atoms with Crippen LogP contribution in [0.5, 0.6) is 11.5 Å². The highest BCUT2D eigenvalue weighted by molar-refractivity contribution is 5.95. The number of ether oxygens (including phenoxy) is 1. The molecule has 0 aliphatic heterocycles. The second-order valence-electron chi connectivity index (χ2n) is 4.74. The van der Waals surface area contributed by atoms with Gasteiger partial charge >= 0.3 is 0 Å². The number of fused-ring (bicyclic) bond motifs is 1. The molecule has 0 fully saturated rings. The zero-order valence-electron chi connectivity index (χ0n) is 11.4. The minimum atomic E-state index is 0.314. The molecule has 0 spiro atoms. The van der Waals surface area contributed by atoms with Crippen LogP contribution in [-0.4, -0.2) is 17.2 Å². The van der Waals surface area contributed by atoms with E-state index >= 15 is 0 Å². The van der Waals surface area contributed by atoms with E-state index in [-0.39, 0.29) is 0 Å². The smallest absolute Gasteiger partial charge is 0.121 e. The third-order valence-electron chi connectivity index (χ3n) is 3.46. The average molecular weight is 265 g/mol. The number of methoxy groups -OCH3 is 1. The van der Waals surface area contributed by atoms with Crippen molar-refractivity contribution >= 4 is 10.9 Å². The van der Waals surface area contributed by atoms with Crippen molar-refractivity contribution in [3.8, 4) is 22.6 Å². The Morgan fingerprint density at radius 2 is 1.90 bits per heavy atom. The molecule has 0 radical (unpaired) electrons. The van der Waals surface area contributed by atoms with Crippen LogP contribution in [0.1, 0.15) is 5.56 Å². The molecule has 3 nitrogen and oxygen atoms in total. The molecular formula is C17H15NO2. The lowest BCUT2D eigenvalue weighted by atomic mass is 9.99. The van der Waals surface area contributed by atoms with E-state index in [0.717, 1.165) is 33.3 Å². The fourth-order valence-electron chi connectivity index (χ4n) is 2.33. The van der Waals surface area contributed by atoms with Crippen molar-refractivity contribution in [1.29, 1.82) is 0 Å². The zero-order valence-corrected chi connectivity index (χ0v) is 11.4. The molecule has 0 aliphatic rings. The number of benzene rings is 2. The molecule has 0 saturated carbocycles. The van der Waals surface area contributed by atoms with E-state index in [2.05, 4.69) is 4.98 Å². The molecule has 0 saturated heterocycles. The Bertz CT molecular complexity index is 781. The third-order valence-corrected chi connectivity index (χ3v) is 3.46. The number of aromatic hydroxyl groups is 1. The number of hydrogen-bond donors (Lipinski definition) is 1. The number of phenolic OH excluding ortho intramolecular Hbond substituents is 1. The molecule has 1 aromatic heterocycles. The largest absolute Gasteiger partial charge is 0.508 e. The van der Waals surface area contributed by atoms with Crippen LogP contribution >= 0.6 is 0 Å². The minimum Gasteiger partial charge on any atom is -0.508 e. The Morgan fingerprint density at radius 3 is 2.65 bits per heavy atom. The van der Waals surface area contributed by atoms with Crippen LogP contribution < -0.4 is 4.74 Å². The van der Waals surface area contributed by atoms with E-state index in [1.807, 2.05) is 43.3 Å². The van der Waals surface area contributed by atoms with Gasteiger partial charge in [-0.1, -0.05) is 6.07 Å². The van der Waals surface area contributed by atoms with E-state index in [4.69, 9.17) is 4.74 Å². The maximum absolute atomic E-state index is 9.64. The van der Waals surface area contributed by atoms with E-state index in [1.54, 1.807) is 19.4 Å². The van der Waals surface area contributed by atoms with Gasteiger partial charge in [-0.3, -0.25) is 4.98 Å². The van der Waals surface area contributed by atoms with E-state index in [9.17, 15) is 5.11 Å². The number of nitrogens with zero attached hydrogens (tertiary/aromatic N) is 1. The quantitative estimate of drug-likeness (QED) is 0.763. The van der Waals surface area contributed by atoms with Gasteiger partial charge in [-0.05, 0) is 53.9 Å². The Labute approximate surface area is 117 Å². The average Bonchev–Trinajstić information content (AvgIpc) is 2.49. The van der Waals surface area contributed by atoms with Gasteiger partial charge in [-0.15, -0.1) is 0 Å². The first-order valence-corrected chi connectivity index (χ1v) is 6.42. The van der Waals surface area contributed by atoms with Gasteiger partial charge in [0, 0.05) is 17.6 Å². The molecule has 1 N–H and O–H groups in total. The molecular weight excluding hydrogens is 250 g/mol. The van der Waals surface area contributed by atoms with Crippen molar-refractivity contribution in [2.75, 3.05) is 7.11 Å². The number of aryl methyl sites for hydroxylation is 1. The predicted octanol–water partition coefficient (Wildman–Crippen LogP) is 3.92. The molecule has 0 unspecified atom stereocenters. The Balaban J connectivity index is 2.22. The van der Waals surface area contributed by atoms with Gasteiger partial charge in [0.2, 0.25) is 0 Å². The van der Waals surface area contributed by atoms with Gasteiger partial charge in [0.25, 0.3) is 0 Å². The fourth-order valence-corrected chi connectivity index (χ4v) is 2.33. The van der Waals surface area contributed by atoms with Crippen molar-refractivity contribution in [3.63, 3.8) is 0 Å². The first-order chi connectivity index (χ1) is 9.69. The van der Waals surface area contributed by atoms with Crippen LogP contribution in [0.25, 0.3) is 22.0 Å². The van der Waals surface area contributed by atoms with Crippen LogP contribution in [0, 0.1) is 6.92 Å². The molecule has 0 atom stereocenters. The Morgan fingerprint density at radius 1 is 1.05 bits per heavy atom. The maximum atomic E-state index is 9.64. The third kappa shape index (κ3) is 2.07. The Kier molecular flexibility index (Phi) is 3.03. The molecule has 0 aliphatic carbocycles. The molecule has 100 valence electrons. The highest BCUT2D eigenvalue weighted by atomic mass is 16.5. The summed E-state index contributed by atoms with van der Waals surface area (Å²) in [6.07, 6.45) is 1.79. The summed E-state index contributed by atoms with van der Waals surface area (Å²) in [4.78, 5) is 4.39. The first-order valence-electron chi connectivity index (χ1n) is 6.42. The lowest BCUT2D eigenvalue weighted by molar-refractivity contribution is 0.415. The Hall–Kier alpha value is -2.55. The summed E-state index contributed by atoms with van der Waals surface area (Å²) >= 11 is 0. The number of pyridine rings is 1. The lowest BCUT2D eigenvalue weighted by Gasteiger charge is -2.09. The van der Waals surface area contributed by atoms with Crippen LogP contribution in [0.2, 0.25) is 0 Å². The van der Waals surface area contributed by atoms with Gasteiger partial charge in [0.05, 0.1) is 12.6 Å². The highest BCUT2D eigenvalue weighted by Gasteiger charge is 2.07. The maximum Gasteiger partial charge on any atom is 0.121 e. The molecule has 20 heavy (non-hydrogen) atoms. The number of hydrogen-bond acceptors (Lipinski definition) is 3. The fraction of sp³-hybridized carbons (Fsp3) is 0.118. The summed E-state index contributed by atoms with van der Waals surface area (Å²) < 4.78 is 5.23. The molecule has 3 heteroatoms. The number of phenols is 1. The molecule has 2 aromatic carbocycles. The van der Waals surface area contributed by atoms with E-state index in [0.29, 0.717) is 5.75 Å². The molecule has 0 bridgehead atoms. The number of rotatable bonds is 2. The van der Waals surface area contributed by atoms with Crippen molar-refractivity contribution < 1.29 is 9.84 Å². The first kappa shape index (κ1) is 12.5. The van der Waals surface area contributed by atoms with Crippen molar-refractivity contribution in [2.45, 2.75) is 6.92 Å². The van der Waals surface area contributed by atoms with E-state index < -0.39 is 0 Å². The summed E-state index contributed by atoms with van der Waals surface area (Å²) in [5.74, 6) is 1.11. The monoisotopic (exact) mass is 265 g/mol. The second kappa shape index (κ2) is 4.85. The van der Waals surface area contributed by atoms with Crippen molar-refractivity contribution in [1.82, 2.24) is 4.98 Å². The zero-order chi connectivity index (χ0) is 14.1. The topological polar surface area (TPSA) is 42.4 Å².